The normalized spacial score (nSPS) is 20.7. The second kappa shape index (κ2) is 4.11. The van der Waals surface area contributed by atoms with Gasteiger partial charge in [-0.05, 0) is 30.2 Å². The van der Waals surface area contributed by atoms with E-state index in [0.717, 1.165) is 22.6 Å². The molecule has 0 unspecified atom stereocenters. The minimum Gasteiger partial charge on any atom is -0.449 e. The van der Waals surface area contributed by atoms with Gasteiger partial charge in [0.1, 0.15) is 0 Å². The summed E-state index contributed by atoms with van der Waals surface area (Å²) >= 11 is 5.87. The molecule has 0 bridgehead atoms. The quantitative estimate of drug-likeness (QED) is 0.798. The molecule has 1 amide bonds. The maximum Gasteiger partial charge on any atom is 0.407 e. The molecular weight excluding hydrogens is 214 g/mol. The molecule has 0 aromatic heterocycles. The minimum atomic E-state index is -0.347. The molecule has 1 saturated heterocycles. The molecule has 1 aromatic rings. The number of carbonyl (C=O) groups is 1. The maximum absolute atomic E-state index is 11.1. The first-order valence-corrected chi connectivity index (χ1v) is 5.24. The van der Waals surface area contributed by atoms with Crippen molar-refractivity contribution in [3.8, 4) is 0 Å². The van der Waals surface area contributed by atoms with Crippen LogP contribution in [0.1, 0.15) is 23.6 Å². The number of hydrogen-bond donors (Lipinski definition) is 1. The van der Waals surface area contributed by atoms with Gasteiger partial charge in [0.25, 0.3) is 0 Å². The lowest BCUT2D eigenvalue weighted by Gasteiger charge is -2.25. The Kier molecular flexibility index (Phi) is 2.82. The smallest absolute Gasteiger partial charge is 0.407 e. The lowest BCUT2D eigenvalue weighted by atomic mass is 9.99. The van der Waals surface area contributed by atoms with Crippen LogP contribution in [0.4, 0.5) is 4.79 Å². The summed E-state index contributed by atoms with van der Waals surface area (Å²) in [5.74, 6) is 0. The third-order valence-corrected chi connectivity index (χ3v) is 2.77. The van der Waals surface area contributed by atoms with Gasteiger partial charge in [-0.1, -0.05) is 17.7 Å². The molecule has 1 aliphatic rings. The zero-order valence-corrected chi connectivity index (χ0v) is 9.17. The van der Waals surface area contributed by atoms with E-state index in [4.69, 9.17) is 16.3 Å². The summed E-state index contributed by atoms with van der Waals surface area (Å²) in [7, 11) is 0. The van der Waals surface area contributed by atoms with Crippen molar-refractivity contribution >= 4 is 17.7 Å². The van der Waals surface area contributed by atoms with Crippen molar-refractivity contribution in [2.75, 3.05) is 6.61 Å². The highest BCUT2D eigenvalue weighted by atomic mass is 35.5. The fourth-order valence-corrected chi connectivity index (χ4v) is 2.02. The largest absolute Gasteiger partial charge is 0.449 e. The Bertz CT molecular complexity index is 392. The van der Waals surface area contributed by atoms with Gasteiger partial charge >= 0.3 is 6.09 Å². The SMILES string of the molecule is Cc1cc(Cl)ccc1[C@@H]1CCOC(=O)N1. The van der Waals surface area contributed by atoms with Crippen molar-refractivity contribution in [2.45, 2.75) is 19.4 Å². The fourth-order valence-electron chi connectivity index (χ4n) is 1.79. The van der Waals surface area contributed by atoms with Gasteiger partial charge in [-0.3, -0.25) is 0 Å². The summed E-state index contributed by atoms with van der Waals surface area (Å²) in [5.41, 5.74) is 2.20. The molecule has 0 aliphatic carbocycles. The van der Waals surface area contributed by atoms with E-state index in [1.807, 2.05) is 25.1 Å². The third kappa shape index (κ3) is 2.23. The highest BCUT2D eigenvalue weighted by molar-refractivity contribution is 6.30. The number of hydrogen-bond acceptors (Lipinski definition) is 2. The van der Waals surface area contributed by atoms with Gasteiger partial charge in [0, 0.05) is 11.4 Å². The van der Waals surface area contributed by atoms with Crippen LogP contribution in [-0.4, -0.2) is 12.7 Å². The first-order chi connectivity index (χ1) is 7.16. The average molecular weight is 226 g/mol. The Balaban J connectivity index is 2.24. The summed E-state index contributed by atoms with van der Waals surface area (Å²) in [4.78, 5) is 11.1. The average Bonchev–Trinajstić information content (AvgIpc) is 2.17. The van der Waals surface area contributed by atoms with Crippen molar-refractivity contribution < 1.29 is 9.53 Å². The summed E-state index contributed by atoms with van der Waals surface area (Å²) in [6.45, 7) is 2.46. The predicted octanol–water partition coefficient (Wildman–Crippen LogP) is 2.82. The number of amides is 1. The Morgan fingerprint density at radius 1 is 1.53 bits per heavy atom. The van der Waals surface area contributed by atoms with Crippen LogP contribution in [0.3, 0.4) is 0 Å². The molecule has 4 heteroatoms. The molecule has 1 fully saturated rings. The topological polar surface area (TPSA) is 38.3 Å². The molecule has 0 spiro atoms. The number of rotatable bonds is 1. The van der Waals surface area contributed by atoms with E-state index in [-0.39, 0.29) is 12.1 Å². The van der Waals surface area contributed by atoms with Gasteiger partial charge in [0.2, 0.25) is 0 Å². The Hall–Kier alpha value is -1.22. The highest BCUT2D eigenvalue weighted by Gasteiger charge is 2.21. The fraction of sp³-hybridized carbons (Fsp3) is 0.364. The van der Waals surface area contributed by atoms with E-state index in [0.29, 0.717) is 6.61 Å². The van der Waals surface area contributed by atoms with Crippen molar-refractivity contribution in [2.24, 2.45) is 0 Å². The highest BCUT2D eigenvalue weighted by Crippen LogP contribution is 2.25. The molecule has 1 N–H and O–H groups in total. The molecule has 15 heavy (non-hydrogen) atoms. The molecule has 1 aliphatic heterocycles. The predicted molar refractivity (Wildman–Crippen MR) is 58.0 cm³/mol. The molecule has 1 aromatic carbocycles. The van der Waals surface area contributed by atoms with Gasteiger partial charge in [-0.25, -0.2) is 4.79 Å². The lowest BCUT2D eigenvalue weighted by molar-refractivity contribution is 0.115. The van der Waals surface area contributed by atoms with Crippen LogP contribution in [0.15, 0.2) is 18.2 Å². The van der Waals surface area contributed by atoms with Crippen molar-refractivity contribution in [3.63, 3.8) is 0 Å². The third-order valence-electron chi connectivity index (χ3n) is 2.54. The molecule has 3 nitrogen and oxygen atoms in total. The van der Waals surface area contributed by atoms with E-state index in [9.17, 15) is 4.79 Å². The number of benzene rings is 1. The Morgan fingerprint density at radius 3 is 3.00 bits per heavy atom. The number of alkyl carbamates (subject to hydrolysis) is 1. The molecule has 0 saturated carbocycles. The van der Waals surface area contributed by atoms with Crippen LogP contribution in [0.5, 0.6) is 0 Å². The molecule has 80 valence electrons. The van der Waals surface area contributed by atoms with E-state index in [1.165, 1.54) is 0 Å². The standard InChI is InChI=1S/C11H12ClNO2/c1-7-6-8(12)2-3-9(7)10-4-5-15-11(14)13-10/h2-3,6,10H,4-5H2,1H3,(H,13,14)/t10-/m0/s1. The summed E-state index contributed by atoms with van der Waals surface area (Å²) in [6.07, 6.45) is 0.453. The lowest BCUT2D eigenvalue weighted by Crippen LogP contribution is -2.35. The molecular formula is C11H12ClNO2. The van der Waals surface area contributed by atoms with Crippen molar-refractivity contribution in [1.29, 1.82) is 0 Å². The van der Waals surface area contributed by atoms with Crippen LogP contribution in [0.2, 0.25) is 5.02 Å². The van der Waals surface area contributed by atoms with Gasteiger partial charge in [-0.15, -0.1) is 0 Å². The minimum absolute atomic E-state index is 0.0449. The summed E-state index contributed by atoms with van der Waals surface area (Å²) in [6, 6.07) is 5.74. The van der Waals surface area contributed by atoms with Gasteiger partial charge in [-0.2, -0.15) is 0 Å². The second-order valence-corrected chi connectivity index (χ2v) is 4.06. The first-order valence-electron chi connectivity index (χ1n) is 4.86. The van der Waals surface area contributed by atoms with Crippen LogP contribution in [0, 0.1) is 6.92 Å². The van der Waals surface area contributed by atoms with E-state index >= 15 is 0 Å². The van der Waals surface area contributed by atoms with Crippen LogP contribution in [-0.2, 0) is 4.74 Å². The van der Waals surface area contributed by atoms with Gasteiger partial charge in [0.15, 0.2) is 0 Å². The number of carbonyl (C=O) groups excluding carboxylic acids is 1. The van der Waals surface area contributed by atoms with Crippen LogP contribution < -0.4 is 5.32 Å². The summed E-state index contributed by atoms with van der Waals surface area (Å²) < 4.78 is 4.82. The van der Waals surface area contributed by atoms with E-state index in [2.05, 4.69) is 5.32 Å². The van der Waals surface area contributed by atoms with Crippen molar-refractivity contribution in [1.82, 2.24) is 5.32 Å². The van der Waals surface area contributed by atoms with E-state index in [1.54, 1.807) is 0 Å². The van der Waals surface area contributed by atoms with Gasteiger partial charge in [0.05, 0.1) is 12.6 Å². The Morgan fingerprint density at radius 2 is 2.33 bits per heavy atom. The zero-order chi connectivity index (χ0) is 10.8. The zero-order valence-electron chi connectivity index (χ0n) is 8.42. The maximum atomic E-state index is 11.1. The second-order valence-electron chi connectivity index (χ2n) is 3.62. The van der Waals surface area contributed by atoms with E-state index < -0.39 is 0 Å². The van der Waals surface area contributed by atoms with Crippen LogP contribution >= 0.6 is 11.6 Å². The molecule has 0 radical (unpaired) electrons. The monoisotopic (exact) mass is 225 g/mol. The first kappa shape index (κ1) is 10.3. The number of ether oxygens (including phenoxy) is 1. The van der Waals surface area contributed by atoms with Crippen molar-refractivity contribution in [3.05, 3.63) is 34.3 Å². The van der Waals surface area contributed by atoms with Gasteiger partial charge < -0.3 is 10.1 Å². The number of cyclic esters (lactones) is 1. The number of aryl methyl sites for hydroxylation is 1. The molecule has 1 atom stereocenters. The van der Waals surface area contributed by atoms with Crippen LogP contribution in [0.25, 0.3) is 0 Å². The molecule has 1 heterocycles. The number of nitrogens with one attached hydrogen (secondary N) is 1. The molecule has 2 rings (SSSR count). The number of halogens is 1. The summed E-state index contributed by atoms with van der Waals surface area (Å²) in [5, 5.41) is 3.51. The Labute approximate surface area is 93.4 Å².